The zero-order valence-electron chi connectivity index (χ0n) is 9.42. The van der Waals surface area contributed by atoms with Crippen LogP contribution in [0.4, 0.5) is 0 Å². The lowest BCUT2D eigenvalue weighted by Crippen LogP contribution is -2.49. The summed E-state index contributed by atoms with van der Waals surface area (Å²) in [6.45, 7) is 6.82. The summed E-state index contributed by atoms with van der Waals surface area (Å²) in [7, 11) is 0. The van der Waals surface area contributed by atoms with Crippen LogP contribution in [0.25, 0.3) is 0 Å². The van der Waals surface area contributed by atoms with Gasteiger partial charge < -0.3 is 4.79 Å². The van der Waals surface area contributed by atoms with E-state index in [1.807, 2.05) is 0 Å². The maximum Gasteiger partial charge on any atom is 0.127 e. The molecule has 1 unspecified atom stereocenters. The van der Waals surface area contributed by atoms with Gasteiger partial charge in [0.15, 0.2) is 0 Å². The molecule has 3 aliphatic carbocycles. The maximum absolute atomic E-state index is 11.0. The van der Waals surface area contributed by atoms with Crippen LogP contribution in [0, 0.1) is 23.2 Å². The normalized spacial score (nSPS) is 35.5. The van der Waals surface area contributed by atoms with E-state index in [1.165, 1.54) is 18.4 Å². The van der Waals surface area contributed by atoms with Gasteiger partial charge in [-0.15, -0.1) is 0 Å². The second kappa shape index (κ2) is 3.22. The van der Waals surface area contributed by atoms with Crippen molar-refractivity contribution in [3.05, 3.63) is 11.6 Å². The molecule has 0 saturated heterocycles. The van der Waals surface area contributed by atoms with Crippen LogP contribution in [0.5, 0.6) is 0 Å². The van der Waals surface area contributed by atoms with Crippen LogP contribution in [0.15, 0.2) is 11.6 Å². The van der Waals surface area contributed by atoms with Crippen LogP contribution >= 0.6 is 0 Å². The monoisotopic (exact) mass is 192 g/mol. The first-order valence-corrected chi connectivity index (χ1v) is 5.76. The van der Waals surface area contributed by atoms with E-state index in [0.717, 1.165) is 18.6 Å². The summed E-state index contributed by atoms with van der Waals surface area (Å²) in [6, 6.07) is 0. The van der Waals surface area contributed by atoms with Gasteiger partial charge in [0.25, 0.3) is 0 Å². The molecule has 3 atom stereocenters. The van der Waals surface area contributed by atoms with E-state index in [2.05, 4.69) is 26.8 Å². The SMILES string of the molecule is CCC(C=O)C1=CC[C@H]2C[C@@H]1C2(C)C. The molecule has 3 aliphatic rings. The molecule has 0 aliphatic heterocycles. The average molecular weight is 192 g/mol. The molecular formula is C13H20O. The fraction of sp³-hybridized carbons (Fsp3) is 0.769. The van der Waals surface area contributed by atoms with Gasteiger partial charge in [0.05, 0.1) is 0 Å². The predicted molar refractivity (Wildman–Crippen MR) is 57.9 cm³/mol. The fourth-order valence-electron chi connectivity index (χ4n) is 3.22. The predicted octanol–water partition coefficient (Wildman–Crippen LogP) is 3.20. The Kier molecular flexibility index (Phi) is 2.29. The van der Waals surface area contributed by atoms with E-state index in [4.69, 9.17) is 0 Å². The first kappa shape index (κ1) is 9.95. The minimum Gasteiger partial charge on any atom is -0.303 e. The Bertz CT molecular complexity index is 275. The molecule has 0 aromatic rings. The zero-order chi connectivity index (χ0) is 10.3. The first-order valence-electron chi connectivity index (χ1n) is 5.76. The standard InChI is InChI=1S/C13H20O/c1-4-9(8-14)11-6-5-10-7-12(11)13(10,2)3/h6,8-10,12H,4-5,7H2,1-3H3/t9?,10-,12-/m0/s1. The molecule has 1 nitrogen and oxygen atoms in total. The first-order chi connectivity index (χ1) is 6.61. The number of hydrogen-bond donors (Lipinski definition) is 0. The van der Waals surface area contributed by atoms with Gasteiger partial charge in [0, 0.05) is 5.92 Å². The number of allylic oxidation sites excluding steroid dienone is 2. The molecule has 1 fully saturated rings. The van der Waals surface area contributed by atoms with Crippen molar-refractivity contribution in [3.63, 3.8) is 0 Å². The number of carbonyl (C=O) groups is 1. The van der Waals surface area contributed by atoms with Crippen molar-refractivity contribution in [3.8, 4) is 0 Å². The highest BCUT2D eigenvalue weighted by molar-refractivity contribution is 5.60. The lowest BCUT2D eigenvalue weighted by Gasteiger charge is -2.57. The Morgan fingerprint density at radius 2 is 2.36 bits per heavy atom. The Balaban J connectivity index is 2.21. The molecule has 0 amide bonds. The minimum absolute atomic E-state index is 0.195. The van der Waals surface area contributed by atoms with E-state index >= 15 is 0 Å². The molecule has 0 N–H and O–H groups in total. The number of aldehydes is 1. The van der Waals surface area contributed by atoms with Gasteiger partial charge in [-0.05, 0) is 36.5 Å². The van der Waals surface area contributed by atoms with Crippen LogP contribution in [0.1, 0.15) is 40.0 Å². The van der Waals surface area contributed by atoms with Crippen molar-refractivity contribution in [2.45, 2.75) is 40.0 Å². The van der Waals surface area contributed by atoms with Gasteiger partial charge in [0.2, 0.25) is 0 Å². The Morgan fingerprint density at radius 1 is 1.64 bits per heavy atom. The largest absolute Gasteiger partial charge is 0.303 e. The molecule has 78 valence electrons. The maximum atomic E-state index is 11.0. The lowest BCUT2D eigenvalue weighted by atomic mass is 9.47. The number of fused-ring (bicyclic) bond motifs is 1. The highest BCUT2D eigenvalue weighted by Crippen LogP contribution is 2.60. The van der Waals surface area contributed by atoms with Crippen molar-refractivity contribution in [2.75, 3.05) is 0 Å². The molecule has 0 aromatic heterocycles. The summed E-state index contributed by atoms with van der Waals surface area (Å²) in [5.41, 5.74) is 1.90. The Morgan fingerprint density at radius 3 is 2.79 bits per heavy atom. The van der Waals surface area contributed by atoms with E-state index in [1.54, 1.807) is 0 Å². The summed E-state index contributed by atoms with van der Waals surface area (Å²) in [5.74, 6) is 1.76. The van der Waals surface area contributed by atoms with Crippen molar-refractivity contribution in [2.24, 2.45) is 23.2 Å². The summed E-state index contributed by atoms with van der Waals surface area (Å²) in [6.07, 6.45) is 6.96. The van der Waals surface area contributed by atoms with E-state index in [9.17, 15) is 4.79 Å². The zero-order valence-corrected chi connectivity index (χ0v) is 9.42. The van der Waals surface area contributed by atoms with Crippen molar-refractivity contribution in [1.82, 2.24) is 0 Å². The molecule has 0 heterocycles. The quantitative estimate of drug-likeness (QED) is 0.495. The fourth-order valence-corrected chi connectivity index (χ4v) is 3.22. The summed E-state index contributed by atoms with van der Waals surface area (Å²) >= 11 is 0. The van der Waals surface area contributed by atoms with Crippen molar-refractivity contribution >= 4 is 6.29 Å². The third-order valence-electron chi connectivity index (χ3n) is 4.54. The van der Waals surface area contributed by atoms with Crippen LogP contribution in [-0.2, 0) is 4.79 Å². The van der Waals surface area contributed by atoms with Gasteiger partial charge in [-0.1, -0.05) is 32.4 Å². The molecule has 0 spiro atoms. The molecular weight excluding hydrogens is 172 g/mol. The molecule has 0 radical (unpaired) electrons. The molecule has 1 heteroatoms. The highest BCUT2D eigenvalue weighted by Gasteiger charge is 2.51. The third-order valence-corrected chi connectivity index (χ3v) is 4.54. The highest BCUT2D eigenvalue weighted by atomic mass is 16.1. The van der Waals surface area contributed by atoms with Crippen LogP contribution in [0.3, 0.4) is 0 Å². The summed E-state index contributed by atoms with van der Waals surface area (Å²) < 4.78 is 0. The lowest BCUT2D eigenvalue weighted by molar-refractivity contribution is -0.111. The second-order valence-corrected chi connectivity index (χ2v) is 5.40. The number of hydrogen-bond acceptors (Lipinski definition) is 1. The molecule has 1 saturated carbocycles. The van der Waals surface area contributed by atoms with E-state index < -0.39 is 0 Å². The minimum atomic E-state index is 0.195. The van der Waals surface area contributed by atoms with Crippen molar-refractivity contribution in [1.29, 1.82) is 0 Å². The van der Waals surface area contributed by atoms with Gasteiger partial charge >= 0.3 is 0 Å². The molecule has 14 heavy (non-hydrogen) atoms. The average Bonchev–Trinajstić information content (AvgIpc) is 2.19. The molecule has 3 rings (SSSR count). The second-order valence-electron chi connectivity index (χ2n) is 5.40. The molecule has 0 aromatic carbocycles. The van der Waals surface area contributed by atoms with Gasteiger partial charge in [-0.25, -0.2) is 0 Å². The van der Waals surface area contributed by atoms with Gasteiger partial charge in [0.1, 0.15) is 6.29 Å². The van der Waals surface area contributed by atoms with Gasteiger partial charge in [-0.3, -0.25) is 0 Å². The number of rotatable bonds is 3. The van der Waals surface area contributed by atoms with E-state index in [-0.39, 0.29) is 5.92 Å². The summed E-state index contributed by atoms with van der Waals surface area (Å²) in [5, 5.41) is 0. The van der Waals surface area contributed by atoms with Crippen LogP contribution in [0.2, 0.25) is 0 Å². The van der Waals surface area contributed by atoms with Crippen molar-refractivity contribution < 1.29 is 4.79 Å². The number of carbonyl (C=O) groups excluding carboxylic acids is 1. The molecule has 2 bridgehead atoms. The topological polar surface area (TPSA) is 17.1 Å². The third kappa shape index (κ3) is 1.18. The summed E-state index contributed by atoms with van der Waals surface area (Å²) in [4.78, 5) is 11.0. The van der Waals surface area contributed by atoms with Crippen LogP contribution in [-0.4, -0.2) is 6.29 Å². The Labute approximate surface area is 86.6 Å². The Hall–Kier alpha value is -0.590. The van der Waals surface area contributed by atoms with E-state index in [0.29, 0.717) is 11.3 Å². The smallest absolute Gasteiger partial charge is 0.127 e. The van der Waals surface area contributed by atoms with Crippen LogP contribution < -0.4 is 0 Å². The van der Waals surface area contributed by atoms with Gasteiger partial charge in [-0.2, -0.15) is 0 Å².